The summed E-state index contributed by atoms with van der Waals surface area (Å²) in [6.45, 7) is 0. The Morgan fingerprint density at radius 1 is 0.478 bits per heavy atom. The summed E-state index contributed by atoms with van der Waals surface area (Å²) in [5, 5.41) is 37.0. The van der Waals surface area contributed by atoms with Crippen LogP contribution in [0.1, 0.15) is 78.1 Å². The Labute approximate surface area is 258 Å². The number of carbonyl (C=O) groups is 7. The number of carboxylic acids is 4. The average molecular weight is 625 g/mol. The number of ketones is 1. The maximum Gasteiger partial charge on any atom is 0.344 e. The van der Waals surface area contributed by atoms with Gasteiger partial charge in [0, 0.05) is 5.56 Å². The highest BCUT2D eigenvalue weighted by Gasteiger charge is 2.22. The van der Waals surface area contributed by atoms with Gasteiger partial charge in [0.2, 0.25) is 0 Å². The highest BCUT2D eigenvalue weighted by molar-refractivity contribution is 6.08. The van der Waals surface area contributed by atoms with E-state index in [1.807, 2.05) is 0 Å². The molecule has 0 bridgehead atoms. The van der Waals surface area contributed by atoms with Gasteiger partial charge >= 0.3 is 35.8 Å². The molecule has 0 radical (unpaired) electrons. The molecule has 0 fully saturated rings. The van der Waals surface area contributed by atoms with Gasteiger partial charge in [0.1, 0.15) is 11.5 Å². The first kappa shape index (κ1) is 32.0. The van der Waals surface area contributed by atoms with E-state index >= 15 is 0 Å². The lowest BCUT2D eigenvalue weighted by molar-refractivity contribution is 0.0663. The second-order valence-corrected chi connectivity index (χ2v) is 9.31. The number of carbonyl (C=O) groups excluding carboxylic acids is 3. The van der Waals surface area contributed by atoms with Crippen molar-refractivity contribution in [3.8, 4) is 11.5 Å². The van der Waals surface area contributed by atoms with Crippen molar-refractivity contribution in [2.75, 3.05) is 0 Å². The van der Waals surface area contributed by atoms with E-state index in [1.165, 1.54) is 54.6 Å². The van der Waals surface area contributed by atoms with Crippen LogP contribution in [-0.4, -0.2) is 62.0 Å². The second-order valence-electron chi connectivity index (χ2n) is 9.31. The molecule has 0 amide bonds. The number of allylic oxidation sites excluding steroid dienone is 1. The molecule has 0 aromatic heterocycles. The predicted octanol–water partition coefficient (Wildman–Crippen LogP) is 4.81. The lowest BCUT2D eigenvalue weighted by Gasteiger charge is -2.09. The van der Waals surface area contributed by atoms with Crippen LogP contribution in [0.15, 0.2) is 91.0 Å². The molecule has 0 aliphatic heterocycles. The van der Waals surface area contributed by atoms with Gasteiger partial charge in [0.25, 0.3) is 0 Å². The second kappa shape index (κ2) is 13.6. The van der Waals surface area contributed by atoms with Crippen molar-refractivity contribution in [3.05, 3.63) is 136 Å². The molecular weight excluding hydrogens is 604 g/mol. The Morgan fingerprint density at radius 2 is 0.957 bits per heavy atom. The molecule has 0 saturated carbocycles. The molecule has 0 unspecified atom stereocenters. The molecule has 46 heavy (non-hydrogen) atoms. The molecule has 0 aliphatic rings. The van der Waals surface area contributed by atoms with E-state index in [2.05, 4.69) is 0 Å². The smallest absolute Gasteiger partial charge is 0.344 e. The van der Waals surface area contributed by atoms with Gasteiger partial charge in [-0.3, -0.25) is 4.79 Å². The topological polar surface area (TPSA) is 219 Å². The largest absolute Gasteiger partial charge is 0.478 e. The van der Waals surface area contributed by atoms with Gasteiger partial charge in [-0.05, 0) is 84.4 Å². The van der Waals surface area contributed by atoms with Crippen LogP contribution in [-0.2, 0) is 0 Å². The Kier molecular flexibility index (Phi) is 9.47. The van der Waals surface area contributed by atoms with Crippen molar-refractivity contribution in [1.82, 2.24) is 0 Å². The predicted molar refractivity (Wildman–Crippen MR) is 157 cm³/mol. The Bertz CT molecular complexity index is 1950. The normalized spacial score (nSPS) is 10.6. The number of ether oxygens (including phenoxy) is 2. The zero-order valence-corrected chi connectivity index (χ0v) is 23.2. The first-order valence-corrected chi connectivity index (χ1v) is 12.9. The SMILES string of the molecule is O=C(O)c1ccc(C(=O)O)c(C(=O)Oc2ccc(C(=O)C=Cc3cccc(OC(=O)c4cc(C(=O)O)ccc4C(=O)O)c3)cc2)c1. The maximum absolute atomic E-state index is 12.7. The van der Waals surface area contributed by atoms with Crippen LogP contribution in [0.3, 0.4) is 0 Å². The molecule has 0 atom stereocenters. The minimum atomic E-state index is -1.46. The summed E-state index contributed by atoms with van der Waals surface area (Å²) in [6.07, 6.45) is 2.61. The first-order chi connectivity index (χ1) is 21.8. The number of rotatable bonds is 11. The van der Waals surface area contributed by atoms with Crippen molar-refractivity contribution in [3.63, 3.8) is 0 Å². The number of hydrogen-bond acceptors (Lipinski definition) is 9. The Morgan fingerprint density at radius 3 is 1.43 bits per heavy atom. The summed E-state index contributed by atoms with van der Waals surface area (Å²) in [6, 6.07) is 16.9. The first-order valence-electron chi connectivity index (χ1n) is 12.9. The van der Waals surface area contributed by atoms with E-state index in [0.717, 1.165) is 36.4 Å². The maximum atomic E-state index is 12.7. The summed E-state index contributed by atoms with van der Waals surface area (Å²) in [5.74, 6) is -8.40. The summed E-state index contributed by atoms with van der Waals surface area (Å²) in [5.41, 5.74) is -1.87. The molecule has 4 aromatic rings. The van der Waals surface area contributed by atoms with Crippen molar-refractivity contribution in [2.45, 2.75) is 0 Å². The molecule has 13 nitrogen and oxygen atoms in total. The fourth-order valence-corrected chi connectivity index (χ4v) is 4.03. The molecule has 0 saturated heterocycles. The molecule has 4 N–H and O–H groups in total. The number of benzene rings is 4. The van der Waals surface area contributed by atoms with E-state index in [4.69, 9.17) is 14.6 Å². The summed E-state index contributed by atoms with van der Waals surface area (Å²) in [7, 11) is 0. The zero-order valence-electron chi connectivity index (χ0n) is 23.2. The van der Waals surface area contributed by atoms with Crippen LogP contribution in [0.25, 0.3) is 6.08 Å². The van der Waals surface area contributed by atoms with Crippen molar-refractivity contribution in [2.24, 2.45) is 0 Å². The van der Waals surface area contributed by atoms with Gasteiger partial charge in [-0.15, -0.1) is 0 Å². The standard InChI is InChI=1S/C33H20O13/c34-27(18-5-9-21(10-6-18)45-32(43)25-15-19(28(35)36)7-11-23(25)30(39)40)13-4-17-2-1-3-22(14-17)46-33(44)26-16-20(29(37)38)8-12-24(26)31(41)42/h1-16H,(H,35,36)(H,37,38)(H,39,40)(H,41,42). The summed E-state index contributed by atoms with van der Waals surface area (Å²) < 4.78 is 10.4. The van der Waals surface area contributed by atoms with Crippen molar-refractivity contribution >= 4 is 47.7 Å². The molecule has 0 aliphatic carbocycles. The van der Waals surface area contributed by atoms with Crippen LogP contribution < -0.4 is 9.47 Å². The highest BCUT2D eigenvalue weighted by Crippen LogP contribution is 2.21. The molecule has 0 heterocycles. The Balaban J connectivity index is 1.45. The van der Waals surface area contributed by atoms with Crippen LogP contribution in [0.2, 0.25) is 0 Å². The fourth-order valence-electron chi connectivity index (χ4n) is 4.03. The molecule has 4 aromatic carbocycles. The van der Waals surface area contributed by atoms with Crippen LogP contribution in [0, 0.1) is 0 Å². The lowest BCUT2D eigenvalue weighted by atomic mass is 10.0. The third kappa shape index (κ3) is 7.54. The van der Waals surface area contributed by atoms with Crippen LogP contribution in [0.5, 0.6) is 11.5 Å². The molecule has 230 valence electrons. The van der Waals surface area contributed by atoms with Gasteiger partial charge < -0.3 is 29.9 Å². The van der Waals surface area contributed by atoms with E-state index in [-0.39, 0.29) is 28.2 Å². The minimum absolute atomic E-state index is 0.0113. The third-order valence-corrected chi connectivity index (χ3v) is 6.28. The fraction of sp³-hybridized carbons (Fsp3) is 0. The monoisotopic (exact) mass is 624 g/mol. The molecule has 4 rings (SSSR count). The van der Waals surface area contributed by atoms with E-state index in [9.17, 15) is 48.9 Å². The summed E-state index contributed by atoms with van der Waals surface area (Å²) >= 11 is 0. The average Bonchev–Trinajstić information content (AvgIpc) is 3.03. The van der Waals surface area contributed by atoms with Gasteiger partial charge in [0.15, 0.2) is 5.78 Å². The molecule has 13 heteroatoms. The third-order valence-electron chi connectivity index (χ3n) is 6.28. The van der Waals surface area contributed by atoms with Gasteiger partial charge in [-0.1, -0.05) is 18.2 Å². The summed E-state index contributed by atoms with van der Waals surface area (Å²) in [4.78, 5) is 83.6. The van der Waals surface area contributed by atoms with Crippen molar-refractivity contribution in [1.29, 1.82) is 0 Å². The van der Waals surface area contributed by atoms with E-state index in [1.54, 1.807) is 6.07 Å². The van der Waals surface area contributed by atoms with E-state index in [0.29, 0.717) is 5.56 Å². The minimum Gasteiger partial charge on any atom is -0.478 e. The van der Waals surface area contributed by atoms with Gasteiger partial charge in [-0.2, -0.15) is 0 Å². The number of esters is 2. The number of carboxylic acid groups (broad SMARTS) is 4. The van der Waals surface area contributed by atoms with Crippen LogP contribution >= 0.6 is 0 Å². The lowest BCUT2D eigenvalue weighted by Crippen LogP contribution is -2.15. The van der Waals surface area contributed by atoms with Crippen molar-refractivity contribution < 1.29 is 63.5 Å². The van der Waals surface area contributed by atoms with Gasteiger partial charge in [0.05, 0.1) is 33.4 Å². The van der Waals surface area contributed by atoms with E-state index < -0.39 is 63.9 Å². The highest BCUT2D eigenvalue weighted by atomic mass is 16.5. The van der Waals surface area contributed by atoms with Gasteiger partial charge in [-0.25, -0.2) is 28.8 Å². The number of hydrogen-bond donors (Lipinski definition) is 4. The molecular formula is C33H20O13. The number of aromatic carboxylic acids is 4. The Hall–Kier alpha value is -6.89. The van der Waals surface area contributed by atoms with Crippen LogP contribution in [0.4, 0.5) is 0 Å². The zero-order chi connectivity index (χ0) is 33.5. The quantitative estimate of drug-likeness (QED) is 0.0762. The molecule has 0 spiro atoms.